The van der Waals surface area contributed by atoms with Crippen LogP contribution in [0.5, 0.6) is 0 Å². The minimum atomic E-state index is -1.13. The van der Waals surface area contributed by atoms with Crippen LogP contribution in [0.3, 0.4) is 0 Å². The van der Waals surface area contributed by atoms with E-state index in [4.69, 9.17) is 0 Å². The Balaban J connectivity index is 2.19. The summed E-state index contributed by atoms with van der Waals surface area (Å²) in [6, 6.07) is 7.23. The lowest BCUT2D eigenvalue weighted by atomic mass is 10.1. The van der Waals surface area contributed by atoms with Crippen LogP contribution in [0.2, 0.25) is 0 Å². The molecule has 1 aromatic carbocycles. The van der Waals surface area contributed by atoms with E-state index in [2.05, 4.69) is 20.6 Å². The molecule has 0 spiro atoms. The maximum atomic E-state index is 11.3. The molecule has 100 valence electrons. The average Bonchev–Trinajstić information content (AvgIpc) is 2.84. The van der Waals surface area contributed by atoms with E-state index >= 15 is 0 Å². The number of nitrogens with one attached hydrogen (secondary N) is 1. The molecule has 0 atom stereocenters. The van der Waals surface area contributed by atoms with E-state index in [0.717, 1.165) is 0 Å². The minimum absolute atomic E-state index is 0.118. The van der Waals surface area contributed by atoms with Gasteiger partial charge in [-0.15, -0.1) is 10.2 Å². The molecule has 7 nitrogen and oxygen atoms in total. The van der Waals surface area contributed by atoms with Gasteiger partial charge < -0.3 is 10.4 Å². The second-order valence-electron chi connectivity index (χ2n) is 4.27. The third-order valence-electron chi connectivity index (χ3n) is 2.84. The number of nitrogens with zero attached hydrogens (tertiary/aromatic N) is 4. The summed E-state index contributed by atoms with van der Waals surface area (Å²) in [6.07, 6.45) is 3.36. The molecule has 20 heavy (non-hydrogen) atoms. The van der Waals surface area contributed by atoms with Crippen molar-refractivity contribution in [3.63, 3.8) is 0 Å². The average molecular weight is 269 g/mol. The van der Waals surface area contributed by atoms with Crippen molar-refractivity contribution < 1.29 is 9.90 Å². The van der Waals surface area contributed by atoms with Crippen LogP contribution in [-0.4, -0.2) is 31.1 Å². The van der Waals surface area contributed by atoms with Gasteiger partial charge in [-0.05, 0) is 6.07 Å². The van der Waals surface area contributed by atoms with Gasteiger partial charge in [0.1, 0.15) is 0 Å². The lowest BCUT2D eigenvalue weighted by molar-refractivity contribution is 0.0690. The molecule has 3 aromatic rings. The van der Waals surface area contributed by atoms with Crippen LogP contribution in [-0.2, 0) is 7.05 Å². The first kappa shape index (κ1) is 12.1. The highest BCUT2D eigenvalue weighted by atomic mass is 16.4. The van der Waals surface area contributed by atoms with Gasteiger partial charge >= 0.3 is 5.97 Å². The Kier molecular flexibility index (Phi) is 2.79. The van der Waals surface area contributed by atoms with Gasteiger partial charge in [-0.1, -0.05) is 18.2 Å². The van der Waals surface area contributed by atoms with Gasteiger partial charge in [0.05, 0.1) is 23.1 Å². The van der Waals surface area contributed by atoms with Crippen molar-refractivity contribution in [1.29, 1.82) is 0 Å². The fraction of sp³-hybridized carbons (Fsp3) is 0.0769. The summed E-state index contributed by atoms with van der Waals surface area (Å²) in [5, 5.41) is 24.7. The summed E-state index contributed by atoms with van der Waals surface area (Å²) in [5.74, 6) is -1.13. The van der Waals surface area contributed by atoms with Crippen molar-refractivity contribution in [3.05, 3.63) is 42.4 Å². The van der Waals surface area contributed by atoms with E-state index in [-0.39, 0.29) is 5.69 Å². The molecule has 0 unspecified atom stereocenters. The van der Waals surface area contributed by atoms with E-state index < -0.39 is 5.97 Å². The SMILES string of the molecule is Cn1cc(Nc2c(C(=O)O)nnc3ccccc23)cn1. The van der Waals surface area contributed by atoms with E-state index in [1.807, 2.05) is 12.1 Å². The zero-order valence-corrected chi connectivity index (χ0v) is 10.6. The molecule has 0 aliphatic carbocycles. The molecule has 0 bridgehead atoms. The van der Waals surface area contributed by atoms with Crippen LogP contribution in [0.4, 0.5) is 11.4 Å². The molecule has 2 heterocycles. The van der Waals surface area contributed by atoms with E-state index in [1.165, 1.54) is 0 Å². The zero-order valence-electron chi connectivity index (χ0n) is 10.6. The molecule has 0 fully saturated rings. The van der Waals surface area contributed by atoms with Crippen molar-refractivity contribution in [2.75, 3.05) is 5.32 Å². The number of anilines is 2. The third kappa shape index (κ3) is 2.05. The molecule has 0 amide bonds. The minimum Gasteiger partial charge on any atom is -0.476 e. The van der Waals surface area contributed by atoms with Crippen molar-refractivity contribution in [1.82, 2.24) is 20.0 Å². The summed E-state index contributed by atoms with van der Waals surface area (Å²) in [6.45, 7) is 0. The number of benzene rings is 1. The summed E-state index contributed by atoms with van der Waals surface area (Å²) in [4.78, 5) is 11.3. The first-order valence-corrected chi connectivity index (χ1v) is 5.89. The van der Waals surface area contributed by atoms with Crippen molar-refractivity contribution in [2.24, 2.45) is 7.05 Å². The van der Waals surface area contributed by atoms with E-state index in [0.29, 0.717) is 22.3 Å². The molecular formula is C13H11N5O2. The number of aromatic nitrogens is 4. The van der Waals surface area contributed by atoms with E-state index in [9.17, 15) is 9.90 Å². The second kappa shape index (κ2) is 4.61. The van der Waals surface area contributed by atoms with Gasteiger partial charge in [0, 0.05) is 18.6 Å². The molecule has 0 saturated heterocycles. The Morgan fingerprint density at radius 3 is 2.80 bits per heavy atom. The maximum Gasteiger partial charge on any atom is 0.358 e. The number of aromatic carboxylic acids is 1. The predicted octanol–water partition coefficient (Wildman–Crippen LogP) is 1.81. The van der Waals surface area contributed by atoms with Gasteiger partial charge in [-0.2, -0.15) is 5.10 Å². The number of rotatable bonds is 3. The Morgan fingerprint density at radius 2 is 2.10 bits per heavy atom. The molecule has 0 aliphatic heterocycles. The van der Waals surface area contributed by atoms with Crippen molar-refractivity contribution >= 4 is 28.2 Å². The number of hydrogen-bond acceptors (Lipinski definition) is 5. The van der Waals surface area contributed by atoms with E-state index in [1.54, 1.807) is 36.3 Å². The Hall–Kier alpha value is -2.96. The fourth-order valence-electron chi connectivity index (χ4n) is 1.96. The van der Waals surface area contributed by atoms with Crippen LogP contribution < -0.4 is 5.32 Å². The number of aryl methyl sites for hydroxylation is 1. The first-order valence-electron chi connectivity index (χ1n) is 5.89. The van der Waals surface area contributed by atoms with Crippen molar-refractivity contribution in [3.8, 4) is 0 Å². The first-order chi connectivity index (χ1) is 9.65. The van der Waals surface area contributed by atoms with Crippen LogP contribution in [0, 0.1) is 0 Å². The summed E-state index contributed by atoms with van der Waals surface area (Å²) in [7, 11) is 1.78. The van der Waals surface area contributed by atoms with Gasteiger partial charge in [0.25, 0.3) is 0 Å². The molecule has 7 heteroatoms. The van der Waals surface area contributed by atoms with Crippen LogP contribution in [0.1, 0.15) is 10.5 Å². The largest absolute Gasteiger partial charge is 0.476 e. The molecular weight excluding hydrogens is 258 g/mol. The monoisotopic (exact) mass is 269 g/mol. The van der Waals surface area contributed by atoms with Gasteiger partial charge in [0.15, 0.2) is 5.69 Å². The predicted molar refractivity (Wildman–Crippen MR) is 73.0 cm³/mol. The molecule has 0 radical (unpaired) electrons. The molecule has 2 aromatic heterocycles. The highest BCUT2D eigenvalue weighted by Crippen LogP contribution is 2.27. The second-order valence-corrected chi connectivity index (χ2v) is 4.27. The molecule has 0 aliphatic rings. The van der Waals surface area contributed by atoms with Crippen molar-refractivity contribution in [2.45, 2.75) is 0 Å². The number of fused-ring (bicyclic) bond motifs is 1. The lowest BCUT2D eigenvalue weighted by Gasteiger charge is -2.09. The Morgan fingerprint density at radius 1 is 1.30 bits per heavy atom. The third-order valence-corrected chi connectivity index (χ3v) is 2.84. The Bertz CT molecular complexity index is 796. The van der Waals surface area contributed by atoms with Crippen LogP contribution >= 0.6 is 0 Å². The summed E-state index contributed by atoms with van der Waals surface area (Å²) in [5.41, 5.74) is 1.61. The summed E-state index contributed by atoms with van der Waals surface area (Å²) >= 11 is 0. The Labute approximate surface area is 113 Å². The highest BCUT2D eigenvalue weighted by Gasteiger charge is 2.17. The smallest absolute Gasteiger partial charge is 0.358 e. The topological polar surface area (TPSA) is 92.9 Å². The van der Waals surface area contributed by atoms with Gasteiger partial charge in [0.2, 0.25) is 0 Å². The fourth-order valence-corrected chi connectivity index (χ4v) is 1.96. The van der Waals surface area contributed by atoms with Gasteiger partial charge in [-0.25, -0.2) is 4.79 Å². The van der Waals surface area contributed by atoms with Crippen LogP contribution in [0.25, 0.3) is 10.9 Å². The molecule has 0 saturated carbocycles. The number of carbonyl (C=O) groups is 1. The number of carboxylic acids is 1. The highest BCUT2D eigenvalue weighted by molar-refractivity contribution is 6.03. The zero-order chi connectivity index (χ0) is 14.1. The quantitative estimate of drug-likeness (QED) is 0.753. The molecule has 3 rings (SSSR count). The van der Waals surface area contributed by atoms with Crippen LogP contribution in [0.15, 0.2) is 36.7 Å². The molecule has 2 N–H and O–H groups in total. The number of hydrogen-bond donors (Lipinski definition) is 2. The summed E-state index contributed by atoms with van der Waals surface area (Å²) < 4.78 is 1.62. The number of carboxylic acid groups (broad SMARTS) is 1. The lowest BCUT2D eigenvalue weighted by Crippen LogP contribution is -2.07. The maximum absolute atomic E-state index is 11.3. The normalized spacial score (nSPS) is 10.7. The van der Waals surface area contributed by atoms with Gasteiger partial charge in [-0.3, -0.25) is 4.68 Å². The standard InChI is InChI=1S/C13H11N5O2/c1-18-7-8(6-14-18)15-11-9-4-2-3-5-10(9)16-17-12(11)13(19)20/h2-7H,1H3,(H,15,16)(H,19,20).